The number of methoxy groups -OCH3 is 1. The summed E-state index contributed by atoms with van der Waals surface area (Å²) in [6, 6.07) is 13.5. The first-order valence-electron chi connectivity index (χ1n) is 18.7. The zero-order valence-corrected chi connectivity index (χ0v) is 30.8. The van der Waals surface area contributed by atoms with Crippen LogP contribution in [0.2, 0.25) is 0 Å². The van der Waals surface area contributed by atoms with Crippen molar-refractivity contribution in [1.29, 1.82) is 0 Å². The van der Waals surface area contributed by atoms with E-state index in [2.05, 4.69) is 70.4 Å². The van der Waals surface area contributed by atoms with E-state index in [0.717, 1.165) is 93.4 Å². The average molecular weight is 678 g/mol. The van der Waals surface area contributed by atoms with Crippen LogP contribution in [0.3, 0.4) is 0 Å². The van der Waals surface area contributed by atoms with Gasteiger partial charge in [-0.1, -0.05) is 76.2 Å². The van der Waals surface area contributed by atoms with E-state index in [4.69, 9.17) is 14.7 Å². The van der Waals surface area contributed by atoms with E-state index < -0.39 is 5.92 Å². The molecule has 2 aromatic carbocycles. The molecular formula is C44H53F2N3O. The molecule has 4 nitrogen and oxygen atoms in total. The predicted octanol–water partition coefficient (Wildman–Crippen LogP) is 11.6. The largest absolute Gasteiger partial charge is 0.496 e. The number of allylic oxidation sites excluding steroid dienone is 6. The Labute approximate surface area is 298 Å². The molecule has 1 aromatic heterocycles. The van der Waals surface area contributed by atoms with Crippen LogP contribution < -0.4 is 9.64 Å². The minimum Gasteiger partial charge on any atom is -0.496 e. The van der Waals surface area contributed by atoms with Crippen LogP contribution in [0.4, 0.5) is 14.6 Å². The molecule has 50 heavy (non-hydrogen) atoms. The number of aryl methyl sites for hydroxylation is 1. The summed E-state index contributed by atoms with van der Waals surface area (Å²) in [5, 5.41) is 0. The Hall–Kier alpha value is -4.06. The Morgan fingerprint density at radius 2 is 1.70 bits per heavy atom. The Morgan fingerprint density at radius 3 is 2.34 bits per heavy atom. The minimum absolute atomic E-state index is 0.00956. The van der Waals surface area contributed by atoms with Gasteiger partial charge < -0.3 is 9.64 Å². The maximum Gasteiger partial charge on any atom is 0.291 e. The fourth-order valence-corrected chi connectivity index (χ4v) is 8.74. The summed E-state index contributed by atoms with van der Waals surface area (Å²) in [6.45, 7) is 16.5. The van der Waals surface area contributed by atoms with Crippen molar-refractivity contribution in [2.45, 2.75) is 97.8 Å². The number of hydrogen-bond donors (Lipinski definition) is 0. The Bertz CT molecular complexity index is 1810. The minimum atomic E-state index is -3.02. The van der Waals surface area contributed by atoms with Gasteiger partial charge in [-0.05, 0) is 133 Å². The van der Waals surface area contributed by atoms with Gasteiger partial charge in [0.25, 0.3) is 5.92 Å². The monoisotopic (exact) mass is 677 g/mol. The molecule has 0 N–H and O–H groups in total. The van der Waals surface area contributed by atoms with Crippen LogP contribution in [0, 0.1) is 11.8 Å². The number of piperidine rings is 1. The van der Waals surface area contributed by atoms with Gasteiger partial charge in [0.1, 0.15) is 17.9 Å². The van der Waals surface area contributed by atoms with Crippen molar-refractivity contribution in [3.8, 4) is 5.75 Å². The highest BCUT2D eigenvalue weighted by molar-refractivity contribution is 5.87. The number of fused-ring (bicyclic) bond motifs is 1. The summed E-state index contributed by atoms with van der Waals surface area (Å²) in [6.07, 6.45) is 13.0. The highest BCUT2D eigenvalue weighted by atomic mass is 19.3. The maximum absolute atomic E-state index is 14.3. The molecule has 1 saturated heterocycles. The second-order valence-electron chi connectivity index (χ2n) is 14.4. The number of rotatable bonds is 10. The third-order valence-electron chi connectivity index (χ3n) is 11.7. The molecule has 1 fully saturated rings. The number of alkyl halides is 2. The second-order valence-corrected chi connectivity index (χ2v) is 14.4. The number of hydrogen-bond acceptors (Lipinski definition) is 4. The Morgan fingerprint density at radius 1 is 0.980 bits per heavy atom. The summed E-state index contributed by atoms with van der Waals surface area (Å²) in [5.41, 5.74) is 12.8. The molecule has 3 aliphatic rings. The van der Waals surface area contributed by atoms with Gasteiger partial charge in [0.15, 0.2) is 0 Å². The lowest BCUT2D eigenvalue weighted by Gasteiger charge is -2.39. The van der Waals surface area contributed by atoms with E-state index >= 15 is 0 Å². The van der Waals surface area contributed by atoms with Gasteiger partial charge in [-0.15, -0.1) is 0 Å². The summed E-state index contributed by atoms with van der Waals surface area (Å²) in [7, 11) is 1.76. The van der Waals surface area contributed by atoms with Crippen molar-refractivity contribution in [2.24, 2.45) is 11.8 Å². The van der Waals surface area contributed by atoms with Crippen LogP contribution in [-0.2, 0) is 12.3 Å². The highest BCUT2D eigenvalue weighted by Gasteiger charge is 2.34. The highest BCUT2D eigenvalue weighted by Crippen LogP contribution is 2.47. The maximum atomic E-state index is 14.3. The van der Waals surface area contributed by atoms with Gasteiger partial charge in [0.2, 0.25) is 0 Å². The average Bonchev–Trinajstić information content (AvgIpc) is 3.32. The molecule has 0 bridgehead atoms. The van der Waals surface area contributed by atoms with Crippen molar-refractivity contribution in [3.05, 3.63) is 112 Å². The second kappa shape index (κ2) is 15.0. The standard InChI is InChI=1S/C44H53F2N3O/c1-8-30-14-15-35(26-40(30)50-7)34-13-12-28(5)42-39(25-34)43(48-27-47-42)49-22-20-32(21-23-49)38-24-31(9-2)41(29(6)37(38)10-3)33-16-18-36(19-17-33)44(45,46)11-4/h11,14-19,25-28,31-32H,4,8-10,12-13,20-24H2,1-3,5-7H3. The molecule has 1 aliphatic heterocycles. The van der Waals surface area contributed by atoms with E-state index in [-0.39, 0.29) is 5.56 Å². The van der Waals surface area contributed by atoms with Crippen LogP contribution in [0.1, 0.15) is 119 Å². The molecule has 0 amide bonds. The number of benzene rings is 2. The van der Waals surface area contributed by atoms with Crippen molar-refractivity contribution in [1.82, 2.24) is 9.97 Å². The molecule has 3 aromatic rings. The zero-order chi connectivity index (χ0) is 35.6. The lowest BCUT2D eigenvalue weighted by atomic mass is 9.70. The van der Waals surface area contributed by atoms with Gasteiger partial charge in [-0.25, -0.2) is 9.97 Å². The molecular weight excluding hydrogens is 625 g/mol. The van der Waals surface area contributed by atoms with Gasteiger partial charge >= 0.3 is 0 Å². The summed E-state index contributed by atoms with van der Waals surface area (Å²) < 4.78 is 34.3. The van der Waals surface area contributed by atoms with Crippen LogP contribution in [0.15, 0.2) is 78.2 Å². The van der Waals surface area contributed by atoms with E-state index in [1.807, 2.05) is 12.1 Å². The van der Waals surface area contributed by atoms with E-state index in [0.29, 0.717) is 17.8 Å². The van der Waals surface area contributed by atoms with Crippen molar-refractivity contribution in [2.75, 3.05) is 25.1 Å². The van der Waals surface area contributed by atoms with Crippen LogP contribution in [-0.4, -0.2) is 30.2 Å². The Balaban J connectivity index is 1.27. The topological polar surface area (TPSA) is 38.2 Å². The normalized spacial score (nSPS) is 20.4. The molecule has 0 saturated carbocycles. The molecule has 0 spiro atoms. The van der Waals surface area contributed by atoms with Crippen LogP contribution >= 0.6 is 0 Å². The lowest BCUT2D eigenvalue weighted by molar-refractivity contribution is 0.0525. The Kier molecular flexibility index (Phi) is 10.8. The van der Waals surface area contributed by atoms with Gasteiger partial charge in [0.05, 0.1) is 12.8 Å². The van der Waals surface area contributed by atoms with Crippen molar-refractivity contribution < 1.29 is 13.5 Å². The summed E-state index contributed by atoms with van der Waals surface area (Å²) in [5.74, 6) is 0.226. The quantitative estimate of drug-likeness (QED) is 0.200. The molecule has 264 valence electrons. The number of anilines is 1. The first-order valence-corrected chi connectivity index (χ1v) is 18.7. The van der Waals surface area contributed by atoms with Crippen molar-refractivity contribution >= 4 is 23.0 Å². The van der Waals surface area contributed by atoms with Gasteiger partial charge in [-0.3, -0.25) is 0 Å². The summed E-state index contributed by atoms with van der Waals surface area (Å²) >= 11 is 0. The number of nitrogens with zero attached hydrogens (tertiary/aromatic N) is 3. The molecule has 6 heteroatoms. The number of halogens is 2. The molecule has 2 atom stereocenters. The van der Waals surface area contributed by atoms with Gasteiger partial charge in [-0.2, -0.15) is 8.78 Å². The van der Waals surface area contributed by atoms with Crippen molar-refractivity contribution in [3.63, 3.8) is 0 Å². The smallest absolute Gasteiger partial charge is 0.291 e. The third-order valence-corrected chi connectivity index (χ3v) is 11.7. The number of ether oxygens (including phenoxy) is 1. The summed E-state index contributed by atoms with van der Waals surface area (Å²) in [4.78, 5) is 12.3. The molecule has 2 heterocycles. The fraction of sp³-hybridized carbons (Fsp3) is 0.455. The first-order chi connectivity index (χ1) is 24.1. The molecule has 2 unspecified atom stereocenters. The SMILES string of the molecule is C=CC(F)(F)c1ccc(C2=C(C)C(CC)=C(C3CCN(c4ncnc5c4C=C(c4ccc(CC)c(OC)c4)CCC5C)CC3)CC2CC)cc1. The number of aromatic nitrogens is 2. The zero-order valence-electron chi connectivity index (χ0n) is 30.8. The molecule has 6 rings (SSSR count). The van der Waals surface area contributed by atoms with E-state index in [9.17, 15) is 8.78 Å². The third kappa shape index (κ3) is 6.83. The molecule has 0 radical (unpaired) electrons. The van der Waals surface area contributed by atoms with Gasteiger partial charge in [0, 0.05) is 24.2 Å². The predicted molar refractivity (Wildman–Crippen MR) is 204 cm³/mol. The fourth-order valence-electron chi connectivity index (χ4n) is 8.74. The van der Waals surface area contributed by atoms with Crippen LogP contribution in [0.5, 0.6) is 5.75 Å². The molecule has 2 aliphatic carbocycles. The van der Waals surface area contributed by atoms with E-state index in [1.54, 1.807) is 31.1 Å². The van der Waals surface area contributed by atoms with E-state index in [1.165, 1.54) is 39.0 Å². The lowest BCUT2D eigenvalue weighted by Crippen LogP contribution is -2.36. The van der Waals surface area contributed by atoms with Crippen LogP contribution in [0.25, 0.3) is 17.2 Å². The first kappa shape index (κ1) is 35.8.